The third-order valence-electron chi connectivity index (χ3n) is 30.3. The summed E-state index contributed by atoms with van der Waals surface area (Å²) in [5, 5.41) is 0. The summed E-state index contributed by atoms with van der Waals surface area (Å²) in [5.74, 6) is 10.2. The lowest BCUT2D eigenvalue weighted by molar-refractivity contribution is 0.301. The van der Waals surface area contributed by atoms with Crippen molar-refractivity contribution in [3.8, 4) is 0 Å². The molecule has 6 aliphatic carbocycles. The average Bonchev–Trinajstić information content (AvgIpc) is 0.878. The second-order valence-electron chi connectivity index (χ2n) is 41.6. The molecule has 6 aromatic rings. The summed E-state index contributed by atoms with van der Waals surface area (Å²) in [6.45, 7) is 23.5. The SMILES string of the molecule is CCCCCCCC[C@H]1CC[C@H](c2ccc(CC(C)F)cc2)CC1.CCCCCCC[C@H]1CC[C@H](c2ccc(CC(C)F)cc2)CC1.CCCCCC[C@H]1CC[C@H](c2ccc(CC(C)F)cc2)CC1.CCCC[C@H]1CC[C@H](c2ccc(CC(C)F)cc2)CC1.CCC[C@H]1CC[C@H](c2ccc(CC(C)F)cc2)CC1.CC[C@H]1CC[C@H](c2ccc(CC(C)F)cc2)CC1. The molecule has 0 spiro atoms. The van der Waals surface area contributed by atoms with E-state index in [9.17, 15) is 26.3 Å². The minimum Gasteiger partial charge on any atom is -0.247 e. The van der Waals surface area contributed by atoms with Crippen molar-refractivity contribution >= 4 is 0 Å². The van der Waals surface area contributed by atoms with E-state index in [0.717, 1.165) is 104 Å². The highest BCUT2D eigenvalue weighted by molar-refractivity contribution is 5.32. The summed E-state index contributed by atoms with van der Waals surface area (Å²) in [4.78, 5) is 0. The largest absolute Gasteiger partial charge is 0.247 e. The maximum Gasteiger partial charge on any atom is 0.101 e. The lowest BCUT2D eigenvalue weighted by Gasteiger charge is -2.29. The van der Waals surface area contributed by atoms with Gasteiger partial charge in [0.2, 0.25) is 0 Å². The second kappa shape index (κ2) is 63.9. The zero-order valence-electron chi connectivity index (χ0n) is 82.7. The van der Waals surface area contributed by atoms with Gasteiger partial charge in [0.1, 0.15) is 37.0 Å². The van der Waals surface area contributed by atoms with E-state index in [1.807, 2.05) is 0 Å². The molecule has 6 aromatic carbocycles. The van der Waals surface area contributed by atoms with Crippen LogP contribution in [-0.4, -0.2) is 37.0 Å². The molecule has 12 rings (SSSR count). The summed E-state index contributed by atoms with van der Waals surface area (Å²) < 4.78 is 78.0. The average molecular weight is 1740 g/mol. The van der Waals surface area contributed by atoms with Crippen LogP contribution in [0.25, 0.3) is 0 Å². The molecule has 0 saturated heterocycles. The highest BCUT2D eigenvalue weighted by Crippen LogP contribution is 2.44. The Morgan fingerprint density at radius 1 is 0.183 bits per heavy atom. The first-order valence-corrected chi connectivity index (χ1v) is 53.5. The maximum absolute atomic E-state index is 13.1. The van der Waals surface area contributed by atoms with E-state index >= 15 is 0 Å². The molecule has 6 saturated carbocycles. The monoisotopic (exact) mass is 1740 g/mol. The molecular formula is C120H186F6. The molecular weight excluding hydrogens is 1560 g/mol. The fourth-order valence-corrected chi connectivity index (χ4v) is 22.3. The van der Waals surface area contributed by atoms with Crippen molar-refractivity contribution < 1.29 is 26.3 Å². The Morgan fingerprint density at radius 3 is 0.516 bits per heavy atom. The molecule has 6 aliphatic rings. The van der Waals surface area contributed by atoms with E-state index in [4.69, 9.17) is 0 Å². The lowest BCUT2D eigenvalue weighted by atomic mass is 9.77. The van der Waals surface area contributed by atoms with Crippen LogP contribution in [-0.2, 0) is 38.5 Å². The van der Waals surface area contributed by atoms with Crippen molar-refractivity contribution in [2.45, 2.75) is 502 Å². The van der Waals surface area contributed by atoms with Gasteiger partial charge in [-0.3, -0.25) is 0 Å². The van der Waals surface area contributed by atoms with Crippen LogP contribution in [0.4, 0.5) is 26.3 Å². The predicted octanol–water partition coefficient (Wildman–Crippen LogP) is 38.6. The number of alkyl halides is 6. The first-order valence-electron chi connectivity index (χ1n) is 53.5. The number of rotatable bonds is 42. The van der Waals surface area contributed by atoms with Gasteiger partial charge in [-0.1, -0.05) is 341 Å². The van der Waals surface area contributed by atoms with Crippen molar-refractivity contribution in [1.82, 2.24) is 0 Å². The van der Waals surface area contributed by atoms with Gasteiger partial charge in [-0.25, -0.2) is 26.3 Å². The minimum absolute atomic E-state index is 0.544. The van der Waals surface area contributed by atoms with E-state index in [2.05, 4.69) is 187 Å². The van der Waals surface area contributed by atoms with Gasteiger partial charge in [0, 0.05) is 38.5 Å². The maximum atomic E-state index is 13.1. The number of unbranched alkanes of at least 4 members (excludes halogenated alkanes) is 13. The zero-order valence-corrected chi connectivity index (χ0v) is 82.7. The van der Waals surface area contributed by atoms with Gasteiger partial charge in [-0.05, 0) is 333 Å². The third kappa shape index (κ3) is 44.4. The Kier molecular flexibility index (Phi) is 54.7. The molecule has 0 amide bonds. The summed E-state index contributed by atoms with van der Waals surface area (Å²) >= 11 is 0. The van der Waals surface area contributed by atoms with E-state index < -0.39 is 37.0 Å². The molecule has 6 fully saturated rings. The van der Waals surface area contributed by atoms with Crippen LogP contribution >= 0.6 is 0 Å². The quantitative estimate of drug-likeness (QED) is 0.0265. The molecule has 6 atom stereocenters. The lowest BCUT2D eigenvalue weighted by Crippen LogP contribution is -2.13. The molecule has 0 bridgehead atoms. The van der Waals surface area contributed by atoms with E-state index in [1.54, 1.807) is 41.5 Å². The Bertz CT molecular complexity index is 3540. The molecule has 126 heavy (non-hydrogen) atoms. The van der Waals surface area contributed by atoms with Crippen LogP contribution in [0.15, 0.2) is 146 Å². The van der Waals surface area contributed by atoms with Crippen LogP contribution in [0.1, 0.15) is 494 Å². The summed E-state index contributed by atoms with van der Waals surface area (Å²) in [6.07, 6.45) is 65.4. The van der Waals surface area contributed by atoms with Crippen molar-refractivity contribution in [2.75, 3.05) is 0 Å². The van der Waals surface area contributed by atoms with Crippen molar-refractivity contribution in [3.63, 3.8) is 0 Å². The number of benzene rings is 6. The Labute approximate surface area is 771 Å². The Hall–Kier alpha value is -5.10. The van der Waals surface area contributed by atoms with Crippen molar-refractivity contribution in [2.24, 2.45) is 35.5 Å². The van der Waals surface area contributed by atoms with E-state index in [1.165, 1.54) is 342 Å². The van der Waals surface area contributed by atoms with Gasteiger partial charge in [0.05, 0.1) is 0 Å². The molecule has 0 N–H and O–H groups in total. The molecule has 6 heteroatoms. The van der Waals surface area contributed by atoms with Crippen LogP contribution in [0, 0.1) is 35.5 Å². The Balaban J connectivity index is 0.000000208. The van der Waals surface area contributed by atoms with Gasteiger partial charge in [0.25, 0.3) is 0 Å². The zero-order chi connectivity index (χ0) is 90.5. The number of halogens is 6. The number of hydrogen-bond acceptors (Lipinski definition) is 0. The van der Waals surface area contributed by atoms with E-state index in [-0.39, 0.29) is 0 Å². The highest BCUT2D eigenvalue weighted by Gasteiger charge is 2.29. The fourth-order valence-electron chi connectivity index (χ4n) is 22.3. The first kappa shape index (κ1) is 108. The van der Waals surface area contributed by atoms with E-state index in [0.29, 0.717) is 38.5 Å². The highest BCUT2D eigenvalue weighted by atomic mass is 19.2. The minimum atomic E-state index is -0.742. The molecule has 6 unspecified atom stereocenters. The molecule has 0 heterocycles. The first-order chi connectivity index (χ1) is 61.1. The van der Waals surface area contributed by atoms with Crippen LogP contribution in [0.3, 0.4) is 0 Å². The summed E-state index contributed by atoms with van der Waals surface area (Å²) in [7, 11) is 0. The fraction of sp³-hybridized carbons (Fsp3) is 0.700. The molecule has 0 aliphatic heterocycles. The van der Waals surface area contributed by atoms with Gasteiger partial charge in [-0.15, -0.1) is 0 Å². The van der Waals surface area contributed by atoms with Gasteiger partial charge < -0.3 is 0 Å². The van der Waals surface area contributed by atoms with Crippen LogP contribution in [0.2, 0.25) is 0 Å². The second-order valence-corrected chi connectivity index (χ2v) is 41.6. The topological polar surface area (TPSA) is 0 Å². The van der Waals surface area contributed by atoms with Crippen LogP contribution < -0.4 is 0 Å². The van der Waals surface area contributed by atoms with Crippen molar-refractivity contribution in [3.05, 3.63) is 212 Å². The standard InChI is InChI=1S/C23H37F.C22H35F.C21H33F.C19H29F.C18H27F.C17H25F/c1-3-4-5-6-7-8-9-20-10-14-22(15-11-20)23-16-12-21(13-17-23)18-19(2)24;1-3-4-5-6-7-8-19-9-13-21(14-10-19)22-15-11-20(12-16-22)17-18(2)23;1-3-4-5-6-7-18-8-12-20(13-9-18)21-14-10-19(11-15-21)16-17(2)22;1-3-4-5-16-6-10-18(11-7-16)19-12-8-17(9-13-19)14-15(2)20;1-3-4-15-5-9-17(10-6-15)18-11-7-16(8-12-18)13-14(2)19;1-3-14-4-8-16(9-5-14)17-10-6-15(7-11-17)12-13(2)18/h12-13,16-17,19-20,22H,3-11,14-15,18H2,1-2H3;11-12,15-16,18-19,21H,3-10,13-14,17H2,1-2H3;10-11,14-15,17-18,20H,3-9,12-13,16H2,1-2H3;8-9,12-13,15-16,18H,3-7,10-11,14H2,1-2H3;7-8,11-12,14-15,17H,3-6,9-10,13H2,1-2H3;6-7,10-11,13-14,16H,3-5,8-9,12H2,1-2H3/t19?,20-,22-;18?,19-,21-;17?,18-,20-;15?,16-,18-;14?,15-,17-;13?,14-,16-. The predicted molar refractivity (Wildman–Crippen MR) is 537 cm³/mol. The molecule has 0 radical (unpaired) electrons. The molecule has 0 nitrogen and oxygen atoms in total. The summed E-state index contributed by atoms with van der Waals surface area (Å²) in [5.41, 5.74) is 15.6. The normalized spacial score (nSPS) is 24.0. The number of hydrogen-bond donors (Lipinski definition) is 0. The summed E-state index contributed by atoms with van der Waals surface area (Å²) in [6, 6.07) is 52.3. The van der Waals surface area contributed by atoms with Crippen LogP contribution in [0.5, 0.6) is 0 Å². The van der Waals surface area contributed by atoms with Crippen molar-refractivity contribution in [1.29, 1.82) is 0 Å². The van der Waals surface area contributed by atoms with Gasteiger partial charge in [0.15, 0.2) is 0 Å². The van der Waals surface area contributed by atoms with Gasteiger partial charge in [-0.2, -0.15) is 0 Å². The smallest absolute Gasteiger partial charge is 0.101 e. The third-order valence-corrected chi connectivity index (χ3v) is 30.3. The molecule has 708 valence electrons. The Morgan fingerprint density at radius 2 is 0.341 bits per heavy atom. The van der Waals surface area contributed by atoms with Gasteiger partial charge >= 0.3 is 0 Å². The molecule has 0 aromatic heterocycles.